The molecule has 0 saturated carbocycles. The molecule has 2 heterocycles. The number of hydrogen-bond acceptors (Lipinski definition) is 3. The molecular weight excluding hydrogens is 236 g/mol. The molecule has 1 aliphatic heterocycles. The second kappa shape index (κ2) is 6.53. The van der Waals surface area contributed by atoms with E-state index in [0.29, 0.717) is 12.0 Å². The van der Waals surface area contributed by atoms with E-state index in [0.717, 1.165) is 13.1 Å². The van der Waals surface area contributed by atoms with Gasteiger partial charge in [0.25, 0.3) is 0 Å². The topological polar surface area (TPSA) is 33.1 Å². The Morgan fingerprint density at radius 1 is 1.32 bits per heavy atom. The minimum atomic E-state index is 0.666. The third-order valence-corrected chi connectivity index (χ3v) is 4.39. The van der Waals surface area contributed by atoms with Gasteiger partial charge in [-0.3, -0.25) is 9.58 Å². The quantitative estimate of drug-likeness (QED) is 0.852. The first kappa shape index (κ1) is 14.5. The summed E-state index contributed by atoms with van der Waals surface area (Å²) in [6.45, 7) is 11.3. The first-order chi connectivity index (χ1) is 9.09. The summed E-state index contributed by atoms with van der Waals surface area (Å²) in [7, 11) is 2.00. The summed E-state index contributed by atoms with van der Waals surface area (Å²) in [6, 6.07) is 0.666. The zero-order chi connectivity index (χ0) is 13.8. The summed E-state index contributed by atoms with van der Waals surface area (Å²) in [5.74, 6) is 0.709. The standard InChI is InChI=1S/C15H28N4/c1-12(2)15(19-7-5-6-8-19)11-16-9-14-10-17-18(4)13(14)3/h10,12,15-16H,5-9,11H2,1-4H3. The molecule has 0 bridgehead atoms. The van der Waals surface area contributed by atoms with Gasteiger partial charge in [-0.05, 0) is 38.8 Å². The van der Waals surface area contributed by atoms with Crippen molar-refractivity contribution in [1.29, 1.82) is 0 Å². The third-order valence-electron chi connectivity index (χ3n) is 4.39. The van der Waals surface area contributed by atoms with E-state index in [1.165, 1.54) is 37.2 Å². The van der Waals surface area contributed by atoms with Crippen molar-refractivity contribution in [2.24, 2.45) is 13.0 Å². The molecule has 1 fully saturated rings. The molecule has 0 aromatic carbocycles. The summed E-state index contributed by atoms with van der Waals surface area (Å²) in [6.07, 6.45) is 4.71. The summed E-state index contributed by atoms with van der Waals surface area (Å²) >= 11 is 0. The van der Waals surface area contributed by atoms with Crippen molar-refractivity contribution in [1.82, 2.24) is 20.0 Å². The van der Waals surface area contributed by atoms with Crippen LogP contribution >= 0.6 is 0 Å². The Kier molecular flexibility index (Phi) is 4.99. The lowest BCUT2D eigenvalue weighted by atomic mass is 10.0. The Balaban J connectivity index is 1.83. The molecule has 0 amide bonds. The van der Waals surface area contributed by atoms with Crippen LogP contribution in [-0.4, -0.2) is 40.4 Å². The SMILES string of the molecule is Cc1c(CNCC(C(C)C)N2CCCC2)cnn1C. The predicted molar refractivity (Wildman–Crippen MR) is 79.1 cm³/mol. The molecule has 108 valence electrons. The summed E-state index contributed by atoms with van der Waals surface area (Å²) < 4.78 is 1.94. The molecule has 0 aliphatic carbocycles. The maximum atomic E-state index is 4.29. The lowest BCUT2D eigenvalue weighted by Gasteiger charge is -2.31. The molecule has 1 unspecified atom stereocenters. The Bertz CT molecular complexity index is 391. The molecule has 0 spiro atoms. The van der Waals surface area contributed by atoms with Crippen molar-refractivity contribution < 1.29 is 0 Å². The average molecular weight is 264 g/mol. The van der Waals surface area contributed by atoms with Crippen molar-refractivity contribution >= 4 is 0 Å². The lowest BCUT2D eigenvalue weighted by molar-refractivity contribution is 0.186. The van der Waals surface area contributed by atoms with Gasteiger partial charge in [-0.1, -0.05) is 13.8 Å². The van der Waals surface area contributed by atoms with E-state index in [2.05, 4.69) is 36.1 Å². The van der Waals surface area contributed by atoms with Crippen LogP contribution in [0.2, 0.25) is 0 Å². The highest BCUT2D eigenvalue weighted by Gasteiger charge is 2.24. The zero-order valence-corrected chi connectivity index (χ0v) is 12.8. The van der Waals surface area contributed by atoms with E-state index in [1.807, 2.05) is 17.9 Å². The van der Waals surface area contributed by atoms with Gasteiger partial charge in [-0.2, -0.15) is 5.10 Å². The summed E-state index contributed by atoms with van der Waals surface area (Å²) in [4.78, 5) is 2.65. The van der Waals surface area contributed by atoms with E-state index in [-0.39, 0.29) is 0 Å². The second-order valence-corrected chi connectivity index (χ2v) is 6.06. The van der Waals surface area contributed by atoms with Crippen molar-refractivity contribution in [3.63, 3.8) is 0 Å². The average Bonchev–Trinajstić information content (AvgIpc) is 2.98. The molecular formula is C15H28N4. The molecule has 4 heteroatoms. The third kappa shape index (κ3) is 3.57. The molecule has 2 rings (SSSR count). The van der Waals surface area contributed by atoms with Gasteiger partial charge in [-0.15, -0.1) is 0 Å². The van der Waals surface area contributed by atoms with Crippen LogP contribution in [0, 0.1) is 12.8 Å². The molecule has 1 aromatic heterocycles. The lowest BCUT2D eigenvalue weighted by Crippen LogP contribution is -2.44. The monoisotopic (exact) mass is 264 g/mol. The predicted octanol–water partition coefficient (Wildman–Crippen LogP) is 1.94. The van der Waals surface area contributed by atoms with Crippen LogP contribution in [0.4, 0.5) is 0 Å². The number of nitrogens with zero attached hydrogens (tertiary/aromatic N) is 3. The van der Waals surface area contributed by atoms with Gasteiger partial charge in [0.2, 0.25) is 0 Å². The van der Waals surface area contributed by atoms with E-state index in [9.17, 15) is 0 Å². The number of hydrogen-bond donors (Lipinski definition) is 1. The van der Waals surface area contributed by atoms with E-state index < -0.39 is 0 Å². The molecule has 19 heavy (non-hydrogen) atoms. The van der Waals surface area contributed by atoms with E-state index >= 15 is 0 Å². The van der Waals surface area contributed by atoms with Gasteiger partial charge in [0.15, 0.2) is 0 Å². The Morgan fingerprint density at radius 2 is 2.00 bits per heavy atom. The van der Waals surface area contributed by atoms with Crippen molar-refractivity contribution in [3.05, 3.63) is 17.5 Å². The fraction of sp³-hybridized carbons (Fsp3) is 0.800. The fourth-order valence-electron chi connectivity index (χ4n) is 2.93. The van der Waals surface area contributed by atoms with Gasteiger partial charge < -0.3 is 5.32 Å². The van der Waals surface area contributed by atoms with Crippen molar-refractivity contribution in [2.45, 2.75) is 46.2 Å². The van der Waals surface area contributed by atoms with Gasteiger partial charge in [-0.25, -0.2) is 0 Å². The number of likely N-dealkylation sites (tertiary alicyclic amines) is 1. The van der Waals surface area contributed by atoms with Crippen molar-refractivity contribution in [2.75, 3.05) is 19.6 Å². The number of aromatic nitrogens is 2. The van der Waals surface area contributed by atoms with Crippen LogP contribution in [-0.2, 0) is 13.6 Å². The highest BCUT2D eigenvalue weighted by atomic mass is 15.3. The number of aryl methyl sites for hydroxylation is 1. The zero-order valence-electron chi connectivity index (χ0n) is 12.8. The molecule has 4 nitrogen and oxygen atoms in total. The Labute approximate surface area is 117 Å². The highest BCUT2D eigenvalue weighted by molar-refractivity contribution is 5.15. The van der Waals surface area contributed by atoms with Crippen molar-refractivity contribution in [3.8, 4) is 0 Å². The largest absolute Gasteiger partial charge is 0.311 e. The van der Waals surface area contributed by atoms with E-state index in [1.54, 1.807) is 0 Å². The first-order valence-corrected chi connectivity index (χ1v) is 7.52. The van der Waals surface area contributed by atoms with Gasteiger partial charge in [0, 0.05) is 37.4 Å². The minimum Gasteiger partial charge on any atom is -0.311 e. The molecule has 1 N–H and O–H groups in total. The molecule has 1 saturated heterocycles. The van der Waals surface area contributed by atoms with Crippen LogP contribution in [0.1, 0.15) is 37.9 Å². The maximum absolute atomic E-state index is 4.29. The maximum Gasteiger partial charge on any atom is 0.0537 e. The van der Waals surface area contributed by atoms with Crippen LogP contribution in [0.25, 0.3) is 0 Å². The second-order valence-electron chi connectivity index (χ2n) is 6.06. The highest BCUT2D eigenvalue weighted by Crippen LogP contribution is 2.17. The molecule has 1 atom stereocenters. The van der Waals surface area contributed by atoms with Crippen LogP contribution in [0.5, 0.6) is 0 Å². The van der Waals surface area contributed by atoms with Gasteiger partial charge in [0.05, 0.1) is 6.20 Å². The minimum absolute atomic E-state index is 0.666. The normalized spacial score (nSPS) is 18.4. The molecule has 0 radical (unpaired) electrons. The fourth-order valence-corrected chi connectivity index (χ4v) is 2.93. The number of nitrogens with one attached hydrogen (secondary N) is 1. The Hall–Kier alpha value is -0.870. The van der Waals surface area contributed by atoms with E-state index in [4.69, 9.17) is 0 Å². The molecule has 1 aromatic rings. The van der Waals surface area contributed by atoms with Crippen LogP contribution < -0.4 is 5.32 Å². The van der Waals surface area contributed by atoms with Crippen LogP contribution in [0.15, 0.2) is 6.20 Å². The van der Waals surface area contributed by atoms with Gasteiger partial charge >= 0.3 is 0 Å². The Morgan fingerprint density at radius 3 is 2.53 bits per heavy atom. The summed E-state index contributed by atoms with van der Waals surface area (Å²) in [5.41, 5.74) is 2.57. The first-order valence-electron chi connectivity index (χ1n) is 7.52. The molecule has 1 aliphatic rings. The van der Waals surface area contributed by atoms with Gasteiger partial charge in [0.1, 0.15) is 0 Å². The summed E-state index contributed by atoms with van der Waals surface area (Å²) in [5, 5.41) is 7.91. The smallest absolute Gasteiger partial charge is 0.0537 e. The number of rotatable bonds is 6. The van der Waals surface area contributed by atoms with Crippen LogP contribution in [0.3, 0.4) is 0 Å².